The molecular weight excluding hydrogens is 544 g/mol. The lowest BCUT2D eigenvalue weighted by Gasteiger charge is -2.27. The van der Waals surface area contributed by atoms with E-state index in [1.807, 2.05) is 42.5 Å². The van der Waals surface area contributed by atoms with Gasteiger partial charge in [-0.05, 0) is 53.3 Å². The van der Waals surface area contributed by atoms with Crippen molar-refractivity contribution >= 4 is 5.97 Å². The minimum absolute atomic E-state index is 0.0132. The number of nitriles is 1. The third-order valence-corrected chi connectivity index (χ3v) is 7.28. The summed E-state index contributed by atoms with van der Waals surface area (Å²) in [6.45, 7) is 8.91. The molecule has 8 nitrogen and oxygen atoms in total. The molecule has 226 valence electrons. The fourth-order valence-electron chi connectivity index (χ4n) is 4.89. The molecule has 0 aliphatic carbocycles. The van der Waals surface area contributed by atoms with Gasteiger partial charge in [-0.1, -0.05) is 71.2 Å². The third kappa shape index (κ3) is 7.81. The molecule has 2 N–H and O–H groups in total. The molecule has 0 radical (unpaired) electrons. The zero-order valence-electron chi connectivity index (χ0n) is 25.6. The molecule has 1 aliphatic heterocycles. The Morgan fingerprint density at radius 3 is 2.37 bits per heavy atom. The van der Waals surface area contributed by atoms with Crippen LogP contribution in [0.25, 0.3) is 0 Å². The average Bonchev–Trinajstić information content (AvgIpc) is 2.99. The summed E-state index contributed by atoms with van der Waals surface area (Å²) in [6.07, 6.45) is 4.41. The highest BCUT2D eigenvalue weighted by Crippen LogP contribution is 2.45. The molecule has 0 amide bonds. The number of ether oxygens (including phenoxy) is 5. The van der Waals surface area contributed by atoms with E-state index in [1.54, 1.807) is 25.3 Å². The van der Waals surface area contributed by atoms with E-state index in [2.05, 4.69) is 33.8 Å². The second-order valence-corrected chi connectivity index (χ2v) is 11.5. The Kier molecular flexibility index (Phi) is 10.2. The van der Waals surface area contributed by atoms with Crippen molar-refractivity contribution in [3.63, 3.8) is 0 Å². The van der Waals surface area contributed by atoms with Crippen LogP contribution in [0, 0.1) is 11.3 Å². The van der Waals surface area contributed by atoms with E-state index in [9.17, 15) is 10.1 Å². The van der Waals surface area contributed by atoms with Crippen LogP contribution in [0.5, 0.6) is 28.7 Å². The Balaban J connectivity index is 1.48. The number of fused-ring (bicyclic) bond motifs is 1. The van der Waals surface area contributed by atoms with Crippen LogP contribution in [-0.4, -0.2) is 26.3 Å². The van der Waals surface area contributed by atoms with Crippen molar-refractivity contribution in [1.29, 1.82) is 5.26 Å². The van der Waals surface area contributed by atoms with Crippen LogP contribution in [0.2, 0.25) is 0 Å². The van der Waals surface area contributed by atoms with Gasteiger partial charge in [-0.3, -0.25) is 0 Å². The van der Waals surface area contributed by atoms with Crippen molar-refractivity contribution in [3.8, 4) is 34.8 Å². The molecule has 8 heteroatoms. The number of rotatable bonds is 12. The van der Waals surface area contributed by atoms with E-state index in [4.69, 9.17) is 29.4 Å². The molecule has 1 aliphatic rings. The average molecular weight is 585 g/mol. The Morgan fingerprint density at radius 1 is 0.953 bits per heavy atom. The van der Waals surface area contributed by atoms with Crippen molar-refractivity contribution in [3.05, 3.63) is 88.8 Å². The molecule has 1 atom stereocenters. The molecule has 1 heterocycles. The lowest BCUT2D eigenvalue weighted by molar-refractivity contribution is -0.136. The van der Waals surface area contributed by atoms with E-state index in [0.717, 1.165) is 24.8 Å². The summed E-state index contributed by atoms with van der Waals surface area (Å²) < 4.78 is 28.5. The number of carbonyl (C=O) groups is 1. The number of hydrogen-bond donors (Lipinski definition) is 1. The summed E-state index contributed by atoms with van der Waals surface area (Å²) in [4.78, 5) is 12.6. The quantitative estimate of drug-likeness (QED) is 0.136. The molecule has 1 unspecified atom stereocenters. The van der Waals surface area contributed by atoms with Crippen LogP contribution in [0.4, 0.5) is 0 Å². The van der Waals surface area contributed by atoms with Crippen LogP contribution in [0.3, 0.4) is 0 Å². The Bertz CT molecular complexity index is 1500. The van der Waals surface area contributed by atoms with E-state index in [0.29, 0.717) is 35.2 Å². The zero-order chi connectivity index (χ0) is 31.0. The number of nitrogens with two attached hydrogens (primary N) is 1. The normalized spacial score (nSPS) is 14.3. The van der Waals surface area contributed by atoms with Crippen molar-refractivity contribution in [2.75, 3.05) is 20.3 Å². The molecule has 4 rings (SSSR count). The Hall–Kier alpha value is -4.64. The summed E-state index contributed by atoms with van der Waals surface area (Å²) in [5.41, 5.74) is 9.15. The largest absolute Gasteiger partial charge is 0.493 e. The topological polar surface area (TPSA) is 113 Å². The van der Waals surface area contributed by atoms with Crippen LogP contribution in [0.15, 0.2) is 72.1 Å². The van der Waals surface area contributed by atoms with Crippen LogP contribution >= 0.6 is 0 Å². The van der Waals surface area contributed by atoms with Gasteiger partial charge in [0.2, 0.25) is 5.88 Å². The maximum atomic E-state index is 12.6. The van der Waals surface area contributed by atoms with Gasteiger partial charge in [0.1, 0.15) is 28.9 Å². The predicted octanol–water partition coefficient (Wildman–Crippen LogP) is 7.15. The van der Waals surface area contributed by atoms with Gasteiger partial charge in [-0.25, -0.2) is 4.79 Å². The second-order valence-electron chi connectivity index (χ2n) is 11.5. The summed E-state index contributed by atoms with van der Waals surface area (Å²) in [5.74, 6) is 1.35. The minimum atomic E-state index is -0.566. The first-order valence-electron chi connectivity index (χ1n) is 14.6. The summed E-state index contributed by atoms with van der Waals surface area (Å²) in [6, 6.07) is 20.4. The molecule has 43 heavy (non-hydrogen) atoms. The summed E-state index contributed by atoms with van der Waals surface area (Å²) in [5, 5.41) is 9.96. The highest BCUT2D eigenvalue weighted by molar-refractivity contribution is 5.74. The molecule has 3 aromatic rings. The van der Waals surface area contributed by atoms with Crippen LogP contribution in [0.1, 0.15) is 76.0 Å². The lowest BCUT2D eigenvalue weighted by atomic mass is 9.83. The maximum absolute atomic E-state index is 12.6. The maximum Gasteiger partial charge on any atom is 0.349 e. The number of unbranched alkanes of at least 4 members (excludes halogenated alkanes) is 3. The second kappa shape index (κ2) is 14.0. The van der Waals surface area contributed by atoms with Crippen LogP contribution < -0.4 is 29.4 Å². The zero-order valence-corrected chi connectivity index (χ0v) is 25.6. The van der Waals surface area contributed by atoms with Gasteiger partial charge < -0.3 is 29.4 Å². The standard InChI is InChI=1S/C35H40N2O6/c1-6-7-8-9-18-40-29-17-10-23(19-31(29)39-5)33-27-16-15-26(20-30(27)43-34(37)28(33)21-36)42-32(38)22-41-25-13-11-24(12-14-25)35(2,3)4/h10-17,19-20,33H,6-9,18,22,37H2,1-5H3. The molecule has 0 saturated heterocycles. The van der Waals surface area contributed by atoms with Gasteiger partial charge >= 0.3 is 5.97 Å². The fourth-order valence-corrected chi connectivity index (χ4v) is 4.89. The van der Waals surface area contributed by atoms with Crippen LogP contribution in [-0.2, 0) is 10.2 Å². The molecular formula is C35H40N2O6. The summed E-state index contributed by atoms with van der Waals surface area (Å²) >= 11 is 0. The van der Waals surface area contributed by atoms with E-state index >= 15 is 0 Å². The third-order valence-electron chi connectivity index (χ3n) is 7.28. The Morgan fingerprint density at radius 2 is 1.70 bits per heavy atom. The molecule has 0 fully saturated rings. The number of hydrogen-bond acceptors (Lipinski definition) is 8. The van der Waals surface area contributed by atoms with E-state index in [1.165, 1.54) is 12.0 Å². The lowest BCUT2D eigenvalue weighted by Crippen LogP contribution is -2.22. The first-order valence-corrected chi connectivity index (χ1v) is 14.6. The highest BCUT2D eigenvalue weighted by atomic mass is 16.6. The summed E-state index contributed by atoms with van der Waals surface area (Å²) in [7, 11) is 1.58. The van der Waals surface area contributed by atoms with Crippen molar-refractivity contribution < 1.29 is 28.5 Å². The molecule has 3 aromatic carbocycles. The van der Waals surface area contributed by atoms with Gasteiger partial charge in [0.25, 0.3) is 0 Å². The monoisotopic (exact) mass is 584 g/mol. The molecule has 0 saturated carbocycles. The van der Waals surface area contributed by atoms with Crippen molar-refractivity contribution in [2.45, 2.75) is 64.7 Å². The van der Waals surface area contributed by atoms with Gasteiger partial charge in [-0.15, -0.1) is 0 Å². The number of allylic oxidation sites excluding steroid dienone is 1. The number of benzene rings is 3. The fraction of sp³-hybridized carbons (Fsp3) is 0.371. The predicted molar refractivity (Wildman–Crippen MR) is 165 cm³/mol. The molecule has 0 bridgehead atoms. The Labute approximate surface area is 254 Å². The molecule has 0 spiro atoms. The van der Waals surface area contributed by atoms with Crippen molar-refractivity contribution in [1.82, 2.24) is 0 Å². The van der Waals surface area contributed by atoms with Gasteiger partial charge in [-0.2, -0.15) is 5.26 Å². The minimum Gasteiger partial charge on any atom is -0.493 e. The first-order chi connectivity index (χ1) is 20.6. The van der Waals surface area contributed by atoms with Gasteiger partial charge in [0.15, 0.2) is 18.1 Å². The van der Waals surface area contributed by atoms with E-state index < -0.39 is 11.9 Å². The SMILES string of the molecule is CCCCCCOc1ccc(C2C(C#N)=C(N)Oc3cc(OC(=O)COc4ccc(C(C)(C)C)cc4)ccc32)cc1OC. The van der Waals surface area contributed by atoms with E-state index in [-0.39, 0.29) is 29.2 Å². The first kappa shape index (κ1) is 31.3. The van der Waals surface area contributed by atoms with Gasteiger partial charge in [0.05, 0.1) is 19.6 Å². The number of methoxy groups -OCH3 is 1. The number of carbonyl (C=O) groups excluding carboxylic acids is 1. The smallest absolute Gasteiger partial charge is 0.349 e. The van der Waals surface area contributed by atoms with Gasteiger partial charge in [0, 0.05) is 11.6 Å². The number of nitrogens with zero attached hydrogens (tertiary/aromatic N) is 1. The molecule has 0 aromatic heterocycles. The highest BCUT2D eigenvalue weighted by Gasteiger charge is 2.32. The number of esters is 1. The van der Waals surface area contributed by atoms with Crippen molar-refractivity contribution in [2.24, 2.45) is 5.73 Å².